The molecule has 11 nitrogen and oxygen atoms in total. The molecule has 0 saturated carbocycles. The van der Waals surface area contributed by atoms with Gasteiger partial charge in [-0.25, -0.2) is 4.79 Å². The molecule has 1 saturated heterocycles. The molecule has 1 heterocycles. The van der Waals surface area contributed by atoms with Crippen LogP contribution in [0, 0.1) is 0 Å². The number of nitrogens with two attached hydrogens (primary N) is 1. The van der Waals surface area contributed by atoms with Crippen molar-refractivity contribution >= 4 is 41.4 Å². The fraction of sp³-hybridized carbons (Fsp3) is 0.522. The summed E-state index contributed by atoms with van der Waals surface area (Å²) in [6, 6.07) is 4.41. The van der Waals surface area contributed by atoms with Gasteiger partial charge < -0.3 is 31.5 Å². The molecule has 192 valence electrons. The maximum atomic E-state index is 13.2. The van der Waals surface area contributed by atoms with Gasteiger partial charge >= 0.3 is 11.9 Å². The van der Waals surface area contributed by atoms with Crippen molar-refractivity contribution in [1.82, 2.24) is 15.5 Å². The van der Waals surface area contributed by atoms with E-state index in [-0.39, 0.29) is 12.3 Å². The molecule has 0 aromatic heterocycles. The normalized spacial score (nSPS) is 17.8. The lowest BCUT2D eigenvalue weighted by atomic mass is 10.0. The van der Waals surface area contributed by atoms with E-state index in [0.717, 1.165) is 0 Å². The fourth-order valence-electron chi connectivity index (χ4n) is 3.86. The maximum Gasteiger partial charge on any atom is 0.326 e. The number of nitrogens with one attached hydrogen (secondary N) is 2. The molecule has 0 bridgehead atoms. The molecule has 1 aliphatic heterocycles. The number of likely N-dealkylation sites (tertiary alicyclic amines) is 1. The van der Waals surface area contributed by atoms with E-state index in [1.165, 1.54) is 4.90 Å². The predicted octanol–water partition coefficient (Wildman–Crippen LogP) is -0.171. The standard InChI is InChI=1S/C23H32N4O7S/c1-35-11-9-15(24)22(32)27-10-5-8-18(27)21(31)25-16(12-14-6-3-2-4-7-14)20(30)26-17(23(33)34)13-19(28)29/h2-4,6-7,15-18H,5,8-13,24H2,1H3,(H,25,31)(H,26,30)(H,28,29)(H,33,34). The van der Waals surface area contributed by atoms with Gasteiger partial charge in [-0.1, -0.05) is 30.3 Å². The van der Waals surface area contributed by atoms with E-state index in [9.17, 15) is 29.1 Å². The van der Waals surface area contributed by atoms with E-state index in [0.29, 0.717) is 37.1 Å². The van der Waals surface area contributed by atoms with Crippen LogP contribution in [0.3, 0.4) is 0 Å². The van der Waals surface area contributed by atoms with E-state index in [4.69, 9.17) is 10.8 Å². The quantitative estimate of drug-likeness (QED) is 0.242. The number of thioether (sulfide) groups is 1. The topological polar surface area (TPSA) is 179 Å². The molecule has 35 heavy (non-hydrogen) atoms. The van der Waals surface area contributed by atoms with Crippen LogP contribution in [0.2, 0.25) is 0 Å². The highest BCUT2D eigenvalue weighted by Gasteiger charge is 2.38. The number of nitrogens with zero attached hydrogens (tertiary/aromatic N) is 1. The summed E-state index contributed by atoms with van der Waals surface area (Å²) in [5, 5.41) is 23.1. The number of carboxylic acid groups (broad SMARTS) is 2. The van der Waals surface area contributed by atoms with Crippen molar-refractivity contribution in [2.24, 2.45) is 5.73 Å². The number of amides is 3. The summed E-state index contributed by atoms with van der Waals surface area (Å²) < 4.78 is 0. The third-order valence-electron chi connectivity index (χ3n) is 5.70. The molecule has 2 rings (SSSR count). The number of carbonyl (C=O) groups excluding carboxylic acids is 3. The Balaban J connectivity index is 2.17. The van der Waals surface area contributed by atoms with Crippen molar-refractivity contribution in [3.8, 4) is 0 Å². The van der Waals surface area contributed by atoms with Crippen LogP contribution in [-0.4, -0.2) is 87.5 Å². The van der Waals surface area contributed by atoms with Crippen LogP contribution in [0.5, 0.6) is 0 Å². The van der Waals surface area contributed by atoms with Gasteiger partial charge in [0.05, 0.1) is 12.5 Å². The van der Waals surface area contributed by atoms with Crippen molar-refractivity contribution in [3.63, 3.8) is 0 Å². The minimum Gasteiger partial charge on any atom is -0.481 e. The molecule has 4 unspecified atom stereocenters. The Labute approximate surface area is 207 Å². The van der Waals surface area contributed by atoms with E-state index >= 15 is 0 Å². The van der Waals surface area contributed by atoms with Crippen molar-refractivity contribution in [2.45, 2.75) is 56.3 Å². The molecule has 4 atom stereocenters. The Morgan fingerprint density at radius 2 is 1.80 bits per heavy atom. The third kappa shape index (κ3) is 8.55. The molecule has 0 aliphatic carbocycles. The van der Waals surface area contributed by atoms with E-state index < -0.39 is 54.3 Å². The smallest absolute Gasteiger partial charge is 0.326 e. The Morgan fingerprint density at radius 1 is 1.11 bits per heavy atom. The summed E-state index contributed by atoms with van der Waals surface area (Å²) in [6.45, 7) is 0.374. The molecule has 1 aromatic carbocycles. The van der Waals surface area contributed by atoms with Crippen LogP contribution in [-0.2, 0) is 30.4 Å². The SMILES string of the molecule is CSCCC(N)C(=O)N1CCCC1C(=O)NC(Cc1ccccc1)C(=O)NC(CC(=O)O)C(=O)O. The van der Waals surface area contributed by atoms with Crippen LogP contribution in [0.4, 0.5) is 0 Å². The zero-order valence-corrected chi connectivity index (χ0v) is 20.3. The van der Waals surface area contributed by atoms with Gasteiger partial charge in [-0.3, -0.25) is 19.2 Å². The molecule has 1 aromatic rings. The monoisotopic (exact) mass is 508 g/mol. The van der Waals surface area contributed by atoms with Crippen molar-refractivity contribution in [3.05, 3.63) is 35.9 Å². The summed E-state index contributed by atoms with van der Waals surface area (Å²) in [4.78, 5) is 62.8. The van der Waals surface area contributed by atoms with Crippen LogP contribution in [0.25, 0.3) is 0 Å². The van der Waals surface area contributed by atoms with Gasteiger partial charge in [0, 0.05) is 13.0 Å². The third-order valence-corrected chi connectivity index (χ3v) is 6.34. The number of benzene rings is 1. The molecule has 6 N–H and O–H groups in total. The Hall–Kier alpha value is -3.12. The second kappa shape index (κ2) is 13.7. The highest BCUT2D eigenvalue weighted by molar-refractivity contribution is 7.98. The maximum absolute atomic E-state index is 13.2. The molecule has 12 heteroatoms. The first-order valence-corrected chi connectivity index (χ1v) is 12.7. The average molecular weight is 509 g/mol. The lowest BCUT2D eigenvalue weighted by molar-refractivity contribution is -0.147. The van der Waals surface area contributed by atoms with Gasteiger partial charge in [-0.2, -0.15) is 11.8 Å². The van der Waals surface area contributed by atoms with Gasteiger partial charge in [0.25, 0.3) is 0 Å². The second-order valence-electron chi connectivity index (χ2n) is 8.33. The Kier molecular flexibility index (Phi) is 11.0. The van der Waals surface area contributed by atoms with E-state index in [1.54, 1.807) is 42.1 Å². The van der Waals surface area contributed by atoms with Gasteiger partial charge in [0.1, 0.15) is 18.1 Å². The lowest BCUT2D eigenvalue weighted by Gasteiger charge is -2.28. The molecule has 1 fully saturated rings. The van der Waals surface area contributed by atoms with Gasteiger partial charge in [-0.15, -0.1) is 0 Å². The molecule has 1 aliphatic rings. The highest BCUT2D eigenvalue weighted by atomic mass is 32.2. The summed E-state index contributed by atoms with van der Waals surface area (Å²) in [6.07, 6.45) is 2.63. The predicted molar refractivity (Wildman–Crippen MR) is 130 cm³/mol. The minimum absolute atomic E-state index is 0.0473. The van der Waals surface area contributed by atoms with Crippen molar-refractivity contribution in [2.75, 3.05) is 18.6 Å². The van der Waals surface area contributed by atoms with Crippen molar-refractivity contribution < 1.29 is 34.2 Å². The minimum atomic E-state index is -1.66. The second-order valence-corrected chi connectivity index (χ2v) is 9.31. The first-order chi connectivity index (χ1) is 16.6. The summed E-state index contributed by atoms with van der Waals surface area (Å²) in [5.74, 6) is -3.89. The Morgan fingerprint density at radius 3 is 2.40 bits per heavy atom. The van der Waals surface area contributed by atoms with Crippen LogP contribution in [0.1, 0.15) is 31.2 Å². The number of hydrogen-bond donors (Lipinski definition) is 5. The zero-order chi connectivity index (χ0) is 26.0. The van der Waals surface area contributed by atoms with E-state index in [1.807, 2.05) is 6.26 Å². The van der Waals surface area contributed by atoms with Gasteiger partial charge in [0.2, 0.25) is 17.7 Å². The average Bonchev–Trinajstić information content (AvgIpc) is 3.31. The molecule has 0 radical (unpaired) electrons. The van der Waals surface area contributed by atoms with Gasteiger partial charge in [0.15, 0.2) is 0 Å². The largest absolute Gasteiger partial charge is 0.481 e. The highest BCUT2D eigenvalue weighted by Crippen LogP contribution is 2.20. The first-order valence-electron chi connectivity index (χ1n) is 11.3. The number of hydrogen-bond acceptors (Lipinski definition) is 7. The summed E-state index contributed by atoms with van der Waals surface area (Å²) in [7, 11) is 0. The number of rotatable bonds is 13. The summed E-state index contributed by atoms with van der Waals surface area (Å²) in [5.41, 5.74) is 6.72. The fourth-order valence-corrected chi connectivity index (χ4v) is 4.35. The number of carbonyl (C=O) groups is 5. The lowest BCUT2D eigenvalue weighted by Crippen LogP contribution is -2.57. The summed E-state index contributed by atoms with van der Waals surface area (Å²) >= 11 is 1.57. The Bertz CT molecular complexity index is 914. The van der Waals surface area contributed by atoms with Crippen LogP contribution >= 0.6 is 11.8 Å². The molecular weight excluding hydrogens is 476 g/mol. The number of carboxylic acids is 2. The molecular formula is C23H32N4O7S. The number of aliphatic carboxylic acids is 2. The van der Waals surface area contributed by atoms with Gasteiger partial charge in [-0.05, 0) is 36.8 Å². The zero-order valence-electron chi connectivity index (χ0n) is 19.5. The van der Waals surface area contributed by atoms with E-state index in [2.05, 4.69) is 10.6 Å². The van der Waals surface area contributed by atoms with Crippen LogP contribution < -0.4 is 16.4 Å². The molecule has 3 amide bonds. The van der Waals surface area contributed by atoms with Crippen LogP contribution in [0.15, 0.2) is 30.3 Å². The first kappa shape index (κ1) is 28.1. The molecule has 0 spiro atoms. The van der Waals surface area contributed by atoms with Crippen molar-refractivity contribution in [1.29, 1.82) is 0 Å².